The van der Waals surface area contributed by atoms with Crippen LogP contribution in [0.4, 0.5) is 0 Å². The van der Waals surface area contributed by atoms with Gasteiger partial charge in [-0.15, -0.1) is 0 Å². The summed E-state index contributed by atoms with van der Waals surface area (Å²) in [5.41, 5.74) is 1.35. The molecule has 3 nitrogen and oxygen atoms in total. The average molecular weight is 258 g/mol. The summed E-state index contributed by atoms with van der Waals surface area (Å²) in [5, 5.41) is 6.56. The number of hydrogen-bond acceptors (Lipinski definition) is 2. The van der Waals surface area contributed by atoms with Crippen molar-refractivity contribution in [2.45, 2.75) is 50.1 Å². The van der Waals surface area contributed by atoms with Crippen LogP contribution < -0.4 is 10.6 Å². The van der Waals surface area contributed by atoms with E-state index in [9.17, 15) is 4.79 Å². The molecule has 3 unspecified atom stereocenters. The van der Waals surface area contributed by atoms with Gasteiger partial charge in [0.1, 0.15) is 0 Å². The topological polar surface area (TPSA) is 41.1 Å². The van der Waals surface area contributed by atoms with E-state index in [0.29, 0.717) is 12.0 Å². The number of hydrogen-bond donors (Lipinski definition) is 2. The molecule has 1 saturated heterocycles. The van der Waals surface area contributed by atoms with Crippen LogP contribution in [0.5, 0.6) is 0 Å². The van der Waals surface area contributed by atoms with Crippen LogP contribution in [0.15, 0.2) is 30.3 Å². The first-order valence-corrected chi connectivity index (χ1v) is 7.43. The molecule has 0 bridgehead atoms. The van der Waals surface area contributed by atoms with Gasteiger partial charge < -0.3 is 10.6 Å². The largest absolute Gasteiger partial charge is 0.351 e. The molecule has 3 rings (SSSR count). The van der Waals surface area contributed by atoms with Crippen LogP contribution in [0.3, 0.4) is 0 Å². The molecule has 1 aromatic carbocycles. The Morgan fingerprint density at radius 1 is 1.16 bits per heavy atom. The average Bonchev–Trinajstić information content (AvgIpc) is 3.22. The van der Waals surface area contributed by atoms with Crippen LogP contribution in [0, 0.1) is 0 Å². The Labute approximate surface area is 114 Å². The van der Waals surface area contributed by atoms with Gasteiger partial charge in [0.25, 0.3) is 0 Å². The molecule has 1 aliphatic carbocycles. The molecule has 1 aliphatic heterocycles. The third-order valence-electron chi connectivity index (χ3n) is 4.22. The van der Waals surface area contributed by atoms with Gasteiger partial charge in [-0.2, -0.15) is 0 Å². The quantitative estimate of drug-likeness (QED) is 0.872. The van der Waals surface area contributed by atoms with Crippen molar-refractivity contribution >= 4 is 5.91 Å². The molecule has 19 heavy (non-hydrogen) atoms. The van der Waals surface area contributed by atoms with E-state index < -0.39 is 0 Å². The minimum Gasteiger partial charge on any atom is -0.351 e. The SMILES string of the molecule is O=C(NC1CC1c1ccccc1)C1CCCCCN1. The van der Waals surface area contributed by atoms with E-state index in [4.69, 9.17) is 0 Å². The van der Waals surface area contributed by atoms with Crippen molar-refractivity contribution in [1.82, 2.24) is 10.6 Å². The van der Waals surface area contributed by atoms with Gasteiger partial charge in [-0.1, -0.05) is 43.2 Å². The molecule has 2 fully saturated rings. The zero-order chi connectivity index (χ0) is 13.1. The Kier molecular flexibility index (Phi) is 3.83. The van der Waals surface area contributed by atoms with Gasteiger partial charge in [0, 0.05) is 12.0 Å². The fourth-order valence-electron chi connectivity index (χ4n) is 2.96. The third kappa shape index (κ3) is 3.16. The fraction of sp³-hybridized carbons (Fsp3) is 0.562. The van der Waals surface area contributed by atoms with Crippen molar-refractivity contribution in [2.24, 2.45) is 0 Å². The van der Waals surface area contributed by atoms with Gasteiger partial charge in [0.15, 0.2) is 0 Å². The van der Waals surface area contributed by atoms with Crippen molar-refractivity contribution in [3.63, 3.8) is 0 Å². The predicted molar refractivity (Wildman–Crippen MR) is 76.0 cm³/mol. The molecule has 0 aromatic heterocycles. The Hall–Kier alpha value is -1.35. The molecule has 3 heteroatoms. The van der Waals surface area contributed by atoms with E-state index in [1.54, 1.807) is 0 Å². The zero-order valence-electron chi connectivity index (χ0n) is 11.3. The monoisotopic (exact) mass is 258 g/mol. The lowest BCUT2D eigenvalue weighted by Crippen LogP contribution is -2.44. The third-order valence-corrected chi connectivity index (χ3v) is 4.22. The van der Waals surface area contributed by atoms with Gasteiger partial charge in [0.2, 0.25) is 5.91 Å². The van der Waals surface area contributed by atoms with Gasteiger partial charge in [0.05, 0.1) is 6.04 Å². The van der Waals surface area contributed by atoms with Crippen LogP contribution in [-0.2, 0) is 4.79 Å². The Morgan fingerprint density at radius 3 is 2.84 bits per heavy atom. The molecular weight excluding hydrogens is 236 g/mol. The van der Waals surface area contributed by atoms with E-state index in [2.05, 4.69) is 34.9 Å². The van der Waals surface area contributed by atoms with Gasteiger partial charge >= 0.3 is 0 Å². The fourth-order valence-corrected chi connectivity index (χ4v) is 2.96. The molecule has 2 N–H and O–H groups in total. The molecule has 1 heterocycles. The normalized spacial score (nSPS) is 30.4. The molecule has 0 spiro atoms. The number of nitrogens with one attached hydrogen (secondary N) is 2. The number of amides is 1. The minimum atomic E-state index is 0.0273. The van der Waals surface area contributed by atoms with Gasteiger partial charge in [-0.05, 0) is 31.4 Å². The van der Waals surface area contributed by atoms with Gasteiger partial charge in [-0.3, -0.25) is 4.79 Å². The van der Waals surface area contributed by atoms with Crippen LogP contribution in [0.2, 0.25) is 0 Å². The summed E-state index contributed by atoms with van der Waals surface area (Å²) in [6.45, 7) is 0.977. The highest BCUT2D eigenvalue weighted by Gasteiger charge is 2.40. The number of carbonyl (C=O) groups is 1. The standard InChI is InChI=1S/C16H22N2O/c19-16(14-9-5-2-6-10-17-14)18-15-11-13(15)12-7-3-1-4-8-12/h1,3-4,7-8,13-15,17H,2,5-6,9-11H2,(H,18,19). The molecule has 1 amide bonds. The van der Waals surface area contributed by atoms with Crippen LogP contribution in [-0.4, -0.2) is 24.5 Å². The summed E-state index contributed by atoms with van der Waals surface area (Å²) < 4.78 is 0. The maximum atomic E-state index is 12.2. The molecule has 1 saturated carbocycles. The second-order valence-electron chi connectivity index (χ2n) is 5.72. The lowest BCUT2D eigenvalue weighted by molar-refractivity contribution is -0.123. The molecule has 3 atom stereocenters. The Bertz CT molecular complexity index is 424. The molecular formula is C16H22N2O. The maximum Gasteiger partial charge on any atom is 0.237 e. The molecule has 1 aromatic rings. The smallest absolute Gasteiger partial charge is 0.237 e. The maximum absolute atomic E-state index is 12.2. The lowest BCUT2D eigenvalue weighted by atomic mass is 10.1. The van der Waals surface area contributed by atoms with Crippen molar-refractivity contribution in [3.8, 4) is 0 Å². The highest BCUT2D eigenvalue weighted by atomic mass is 16.2. The van der Waals surface area contributed by atoms with Gasteiger partial charge in [-0.25, -0.2) is 0 Å². The van der Waals surface area contributed by atoms with Crippen molar-refractivity contribution < 1.29 is 4.79 Å². The zero-order valence-corrected chi connectivity index (χ0v) is 11.3. The summed E-state index contributed by atoms with van der Waals surface area (Å²) in [4.78, 5) is 12.2. The Balaban J connectivity index is 1.51. The Morgan fingerprint density at radius 2 is 2.00 bits per heavy atom. The van der Waals surface area contributed by atoms with Crippen molar-refractivity contribution in [3.05, 3.63) is 35.9 Å². The summed E-state index contributed by atoms with van der Waals surface area (Å²) in [6, 6.07) is 10.9. The number of benzene rings is 1. The first-order chi connectivity index (χ1) is 9.34. The first kappa shape index (κ1) is 12.7. The van der Waals surface area contributed by atoms with E-state index in [1.165, 1.54) is 18.4 Å². The molecule has 2 aliphatic rings. The highest BCUT2D eigenvalue weighted by molar-refractivity contribution is 5.82. The summed E-state index contributed by atoms with van der Waals surface area (Å²) in [5.74, 6) is 0.723. The highest BCUT2D eigenvalue weighted by Crippen LogP contribution is 2.40. The van der Waals surface area contributed by atoms with E-state index in [-0.39, 0.29) is 11.9 Å². The number of carbonyl (C=O) groups excluding carboxylic acids is 1. The first-order valence-electron chi connectivity index (χ1n) is 7.43. The van der Waals surface area contributed by atoms with Crippen molar-refractivity contribution in [2.75, 3.05) is 6.54 Å². The van der Waals surface area contributed by atoms with E-state index in [0.717, 1.165) is 25.8 Å². The van der Waals surface area contributed by atoms with E-state index >= 15 is 0 Å². The second kappa shape index (κ2) is 5.74. The summed E-state index contributed by atoms with van der Waals surface area (Å²) >= 11 is 0. The second-order valence-corrected chi connectivity index (χ2v) is 5.72. The van der Waals surface area contributed by atoms with Crippen LogP contribution in [0.25, 0.3) is 0 Å². The lowest BCUT2D eigenvalue weighted by Gasteiger charge is -2.15. The van der Waals surface area contributed by atoms with Crippen molar-refractivity contribution in [1.29, 1.82) is 0 Å². The molecule has 0 radical (unpaired) electrons. The van der Waals surface area contributed by atoms with Crippen LogP contribution in [0.1, 0.15) is 43.6 Å². The molecule has 102 valence electrons. The number of rotatable bonds is 3. The summed E-state index contributed by atoms with van der Waals surface area (Å²) in [7, 11) is 0. The minimum absolute atomic E-state index is 0.0273. The summed E-state index contributed by atoms with van der Waals surface area (Å²) in [6.07, 6.45) is 5.67. The van der Waals surface area contributed by atoms with E-state index in [1.807, 2.05) is 6.07 Å². The van der Waals surface area contributed by atoms with Crippen LogP contribution >= 0.6 is 0 Å². The predicted octanol–water partition coefficient (Wildman–Crippen LogP) is 2.19.